The molecule has 6 heteroatoms. The van der Waals surface area contributed by atoms with Crippen LogP contribution in [0.3, 0.4) is 0 Å². The fourth-order valence-electron chi connectivity index (χ4n) is 3.10. The van der Waals surface area contributed by atoms with Crippen molar-refractivity contribution in [1.29, 1.82) is 0 Å². The fraction of sp³-hybridized carbons (Fsp3) is 0.529. The second-order valence-corrected chi connectivity index (χ2v) is 6.66. The highest BCUT2D eigenvalue weighted by Crippen LogP contribution is 2.31. The molecule has 1 aromatic rings. The highest BCUT2D eigenvalue weighted by molar-refractivity contribution is 6.00. The third-order valence-electron chi connectivity index (χ3n) is 4.77. The van der Waals surface area contributed by atoms with Gasteiger partial charge in [0.15, 0.2) is 0 Å². The van der Waals surface area contributed by atoms with Crippen molar-refractivity contribution in [2.24, 2.45) is 5.92 Å². The van der Waals surface area contributed by atoms with E-state index >= 15 is 0 Å². The molecule has 1 saturated heterocycles. The van der Waals surface area contributed by atoms with Crippen LogP contribution < -0.4 is 10.2 Å². The van der Waals surface area contributed by atoms with Crippen LogP contribution in [0.1, 0.15) is 31.2 Å². The Bertz CT molecular complexity index is 643. The van der Waals surface area contributed by atoms with Crippen molar-refractivity contribution in [2.75, 3.05) is 18.0 Å². The summed E-state index contributed by atoms with van der Waals surface area (Å²) in [4.78, 5) is 25.7. The molecule has 2 amide bonds. The average Bonchev–Trinajstić information content (AvgIpc) is 2.85. The molecule has 2 N–H and O–H groups in total. The van der Waals surface area contributed by atoms with Crippen LogP contribution in [0, 0.1) is 18.7 Å². The van der Waals surface area contributed by atoms with Gasteiger partial charge in [0.05, 0.1) is 17.2 Å². The minimum atomic E-state index is -0.791. The number of rotatable bonds is 4. The third kappa shape index (κ3) is 3.22. The zero-order chi connectivity index (χ0) is 16.6. The maximum absolute atomic E-state index is 14.0. The Kier molecular flexibility index (Phi) is 4.10. The number of aryl methyl sites for hydroxylation is 1. The number of benzene rings is 1. The Labute approximate surface area is 134 Å². The number of carbonyl (C=O) groups is 2. The number of halogens is 1. The Balaban J connectivity index is 1.63. The van der Waals surface area contributed by atoms with Gasteiger partial charge >= 0.3 is 0 Å². The smallest absolute Gasteiger partial charge is 0.227 e. The molecule has 1 aromatic carbocycles. The fourth-order valence-corrected chi connectivity index (χ4v) is 3.10. The Hall–Kier alpha value is -1.95. The van der Waals surface area contributed by atoms with Crippen molar-refractivity contribution in [3.05, 3.63) is 29.6 Å². The van der Waals surface area contributed by atoms with E-state index in [4.69, 9.17) is 0 Å². The lowest BCUT2D eigenvalue weighted by molar-refractivity contribution is -0.128. The van der Waals surface area contributed by atoms with E-state index in [0.29, 0.717) is 12.8 Å². The number of carbonyl (C=O) groups excluding carboxylic acids is 2. The summed E-state index contributed by atoms with van der Waals surface area (Å²) in [5.74, 6) is -1.47. The van der Waals surface area contributed by atoms with E-state index in [1.807, 2.05) is 0 Å². The molecule has 1 unspecified atom stereocenters. The Morgan fingerprint density at radius 2 is 2.22 bits per heavy atom. The highest BCUT2D eigenvalue weighted by atomic mass is 19.1. The van der Waals surface area contributed by atoms with Gasteiger partial charge in [-0.15, -0.1) is 0 Å². The molecule has 0 aromatic heterocycles. The molecule has 0 bridgehead atoms. The first kappa shape index (κ1) is 15.9. The predicted octanol–water partition coefficient (Wildman–Crippen LogP) is 1.52. The van der Waals surface area contributed by atoms with E-state index in [9.17, 15) is 19.1 Å². The molecule has 3 rings (SSSR count). The van der Waals surface area contributed by atoms with Crippen molar-refractivity contribution >= 4 is 17.5 Å². The van der Waals surface area contributed by atoms with E-state index in [1.165, 1.54) is 11.0 Å². The molecule has 0 radical (unpaired) electrons. The summed E-state index contributed by atoms with van der Waals surface area (Å²) >= 11 is 0. The molecule has 2 aliphatic rings. The minimum absolute atomic E-state index is 0.0670. The van der Waals surface area contributed by atoms with Crippen LogP contribution in [0.15, 0.2) is 18.2 Å². The molecule has 1 aliphatic carbocycles. The van der Waals surface area contributed by atoms with Crippen molar-refractivity contribution < 1.29 is 19.1 Å². The van der Waals surface area contributed by atoms with Gasteiger partial charge in [-0.3, -0.25) is 9.59 Å². The van der Waals surface area contributed by atoms with Gasteiger partial charge in [-0.2, -0.15) is 0 Å². The number of amides is 2. The van der Waals surface area contributed by atoms with Crippen LogP contribution >= 0.6 is 0 Å². The van der Waals surface area contributed by atoms with E-state index in [2.05, 4.69) is 5.32 Å². The average molecular weight is 320 g/mol. The summed E-state index contributed by atoms with van der Waals surface area (Å²) < 4.78 is 14.0. The number of nitrogens with zero attached hydrogens (tertiary/aromatic N) is 1. The van der Waals surface area contributed by atoms with Gasteiger partial charge in [-0.05, 0) is 43.9 Å². The number of anilines is 1. The monoisotopic (exact) mass is 320 g/mol. The predicted molar refractivity (Wildman–Crippen MR) is 83.4 cm³/mol. The first-order valence-electron chi connectivity index (χ1n) is 7.95. The largest absolute Gasteiger partial charge is 0.388 e. The van der Waals surface area contributed by atoms with E-state index in [1.54, 1.807) is 19.1 Å². The lowest BCUT2D eigenvalue weighted by atomic mass is 9.80. The Morgan fingerprint density at radius 3 is 2.83 bits per heavy atom. The number of aliphatic hydroxyl groups is 1. The normalized spacial score (nSPS) is 22.8. The van der Waals surface area contributed by atoms with Gasteiger partial charge in [0.1, 0.15) is 5.82 Å². The molecule has 5 nitrogen and oxygen atoms in total. The molecule has 1 saturated carbocycles. The van der Waals surface area contributed by atoms with Gasteiger partial charge in [0.25, 0.3) is 0 Å². The molecule has 23 heavy (non-hydrogen) atoms. The molecule has 1 heterocycles. The summed E-state index contributed by atoms with van der Waals surface area (Å²) in [5.41, 5.74) is 0.204. The minimum Gasteiger partial charge on any atom is -0.388 e. The van der Waals surface area contributed by atoms with Gasteiger partial charge < -0.3 is 15.3 Å². The second-order valence-electron chi connectivity index (χ2n) is 6.66. The van der Waals surface area contributed by atoms with Crippen LogP contribution in [-0.4, -0.2) is 35.6 Å². The molecular formula is C17H21FN2O3. The summed E-state index contributed by atoms with van der Waals surface area (Å²) in [6, 6.07) is 4.69. The topological polar surface area (TPSA) is 69.6 Å². The maximum Gasteiger partial charge on any atom is 0.227 e. The summed E-state index contributed by atoms with van der Waals surface area (Å²) in [6.07, 6.45) is 2.42. The Morgan fingerprint density at radius 1 is 1.48 bits per heavy atom. The lowest BCUT2D eigenvalue weighted by Gasteiger charge is -2.36. The van der Waals surface area contributed by atoms with E-state index in [0.717, 1.165) is 12.0 Å². The van der Waals surface area contributed by atoms with Crippen LogP contribution in [0.5, 0.6) is 0 Å². The number of hydrogen-bond acceptors (Lipinski definition) is 3. The molecular weight excluding hydrogens is 299 g/mol. The zero-order valence-electron chi connectivity index (χ0n) is 13.1. The van der Waals surface area contributed by atoms with Crippen LogP contribution in [0.4, 0.5) is 10.1 Å². The quantitative estimate of drug-likeness (QED) is 0.884. The molecule has 2 fully saturated rings. The first-order valence-corrected chi connectivity index (χ1v) is 7.95. The van der Waals surface area contributed by atoms with Crippen LogP contribution in [0.2, 0.25) is 0 Å². The number of nitrogens with one attached hydrogen (secondary N) is 1. The third-order valence-corrected chi connectivity index (χ3v) is 4.77. The standard InChI is InChI=1S/C17H21FN2O3/c1-11-3-4-14(13(18)7-11)20-9-12(8-15(20)21)16(22)19-10-17(23)5-2-6-17/h3-4,7,12,23H,2,5-6,8-10H2,1H3,(H,19,22). The summed E-state index contributed by atoms with van der Waals surface area (Å²) in [5, 5.41) is 12.7. The number of hydrogen-bond donors (Lipinski definition) is 2. The lowest BCUT2D eigenvalue weighted by Crippen LogP contribution is -2.49. The summed E-state index contributed by atoms with van der Waals surface area (Å²) in [6.45, 7) is 2.17. The van der Waals surface area contributed by atoms with Crippen molar-refractivity contribution in [3.63, 3.8) is 0 Å². The zero-order valence-corrected chi connectivity index (χ0v) is 13.1. The first-order chi connectivity index (χ1) is 10.9. The van der Waals surface area contributed by atoms with Crippen molar-refractivity contribution in [1.82, 2.24) is 5.32 Å². The second kappa shape index (κ2) is 5.92. The van der Waals surface area contributed by atoms with Crippen molar-refractivity contribution in [2.45, 2.75) is 38.2 Å². The van der Waals surface area contributed by atoms with Gasteiger partial charge in [0.2, 0.25) is 11.8 Å². The molecule has 0 spiro atoms. The highest BCUT2D eigenvalue weighted by Gasteiger charge is 2.38. The summed E-state index contributed by atoms with van der Waals surface area (Å²) in [7, 11) is 0. The maximum atomic E-state index is 14.0. The molecule has 1 atom stereocenters. The van der Waals surface area contributed by atoms with Crippen LogP contribution in [0.25, 0.3) is 0 Å². The van der Waals surface area contributed by atoms with Gasteiger partial charge in [-0.25, -0.2) is 4.39 Å². The van der Waals surface area contributed by atoms with Gasteiger partial charge in [0, 0.05) is 19.5 Å². The van der Waals surface area contributed by atoms with E-state index < -0.39 is 17.3 Å². The van der Waals surface area contributed by atoms with Crippen molar-refractivity contribution in [3.8, 4) is 0 Å². The molecule has 124 valence electrons. The van der Waals surface area contributed by atoms with Gasteiger partial charge in [-0.1, -0.05) is 6.07 Å². The van der Waals surface area contributed by atoms with E-state index in [-0.39, 0.29) is 37.0 Å². The van der Waals surface area contributed by atoms with Crippen LogP contribution in [-0.2, 0) is 9.59 Å². The molecule has 1 aliphatic heterocycles. The SMILES string of the molecule is Cc1ccc(N2CC(C(=O)NCC3(O)CCC3)CC2=O)c(F)c1.